The maximum absolute atomic E-state index is 12.4. The number of aromatic nitrogens is 2. The second-order valence-electron chi connectivity index (χ2n) is 5.26. The van der Waals surface area contributed by atoms with Crippen molar-refractivity contribution in [3.63, 3.8) is 0 Å². The molecule has 0 saturated carbocycles. The maximum Gasteiger partial charge on any atom is 0.244 e. The summed E-state index contributed by atoms with van der Waals surface area (Å²) >= 11 is 0. The molecule has 0 bridgehead atoms. The lowest BCUT2D eigenvalue weighted by Gasteiger charge is -2.10. The zero-order valence-electron chi connectivity index (χ0n) is 13.2. The number of hydrogen-bond donors (Lipinski definition) is 3. The van der Waals surface area contributed by atoms with E-state index in [0.717, 1.165) is 12.8 Å². The number of nitrogens with one attached hydrogen (secondary N) is 3. The largest absolute Gasteiger partial charge is 0.385 e. The van der Waals surface area contributed by atoms with E-state index in [-0.39, 0.29) is 10.9 Å². The summed E-state index contributed by atoms with van der Waals surface area (Å²) in [6.45, 7) is 7.17. The van der Waals surface area contributed by atoms with Gasteiger partial charge < -0.3 is 10.1 Å². The summed E-state index contributed by atoms with van der Waals surface area (Å²) in [5.74, 6) is 0. The van der Waals surface area contributed by atoms with Gasteiger partial charge in [-0.2, -0.15) is 5.10 Å². The van der Waals surface area contributed by atoms with Crippen molar-refractivity contribution in [3.05, 3.63) is 11.4 Å². The summed E-state index contributed by atoms with van der Waals surface area (Å²) in [4.78, 5) is 0.252. The van der Waals surface area contributed by atoms with Gasteiger partial charge in [0.1, 0.15) is 4.90 Å². The highest BCUT2D eigenvalue weighted by Crippen LogP contribution is 2.17. The molecule has 0 amide bonds. The molecule has 0 atom stereocenters. The van der Waals surface area contributed by atoms with E-state index in [0.29, 0.717) is 31.1 Å². The van der Waals surface area contributed by atoms with Gasteiger partial charge in [0.2, 0.25) is 10.0 Å². The standard InChI is InChI=1S/C13H26N4O3S/c1-10(2)14-9-12-13(11(3)16-17-12)21(18,19)15-7-5-6-8-20-4/h10,14-15H,5-9H2,1-4H3,(H,16,17). The number of nitrogens with zero attached hydrogens (tertiary/aromatic N) is 1. The van der Waals surface area contributed by atoms with Crippen LogP contribution in [-0.4, -0.2) is 44.9 Å². The molecular formula is C13H26N4O3S. The van der Waals surface area contributed by atoms with Crippen molar-refractivity contribution in [2.45, 2.75) is 51.1 Å². The number of H-pyrrole nitrogens is 1. The van der Waals surface area contributed by atoms with Gasteiger partial charge in [0.05, 0.1) is 11.4 Å². The van der Waals surface area contributed by atoms with Gasteiger partial charge in [0.15, 0.2) is 0 Å². The zero-order valence-corrected chi connectivity index (χ0v) is 14.0. The summed E-state index contributed by atoms with van der Waals surface area (Å²) in [7, 11) is -1.91. The molecule has 21 heavy (non-hydrogen) atoms. The molecule has 0 aromatic carbocycles. The molecule has 122 valence electrons. The highest BCUT2D eigenvalue weighted by Gasteiger charge is 2.23. The number of ether oxygens (including phenoxy) is 1. The van der Waals surface area contributed by atoms with Gasteiger partial charge >= 0.3 is 0 Å². The van der Waals surface area contributed by atoms with E-state index < -0.39 is 10.0 Å². The SMILES string of the molecule is COCCCCNS(=O)(=O)c1c(CNC(C)C)n[nH]c1C. The maximum atomic E-state index is 12.4. The third kappa shape index (κ3) is 5.74. The predicted octanol–water partition coefficient (Wildman–Crippen LogP) is 0.921. The van der Waals surface area contributed by atoms with Gasteiger partial charge in [-0.3, -0.25) is 5.10 Å². The van der Waals surface area contributed by atoms with Crippen molar-refractivity contribution in [1.82, 2.24) is 20.2 Å². The number of hydrogen-bond acceptors (Lipinski definition) is 5. The van der Waals surface area contributed by atoms with Crippen LogP contribution in [0.2, 0.25) is 0 Å². The van der Waals surface area contributed by atoms with Crippen LogP contribution in [0.25, 0.3) is 0 Å². The Bertz CT molecular complexity index is 526. The second kappa shape index (κ2) is 8.47. The van der Waals surface area contributed by atoms with E-state index in [9.17, 15) is 8.42 Å². The zero-order chi connectivity index (χ0) is 15.9. The summed E-state index contributed by atoms with van der Waals surface area (Å²) in [5, 5.41) is 10.0. The van der Waals surface area contributed by atoms with E-state index in [2.05, 4.69) is 20.2 Å². The summed E-state index contributed by atoms with van der Waals surface area (Å²) < 4.78 is 32.3. The van der Waals surface area contributed by atoms with Gasteiger partial charge in [-0.25, -0.2) is 13.1 Å². The first-order valence-electron chi connectivity index (χ1n) is 7.14. The fourth-order valence-electron chi connectivity index (χ4n) is 1.90. The quantitative estimate of drug-likeness (QED) is 0.558. The van der Waals surface area contributed by atoms with Gasteiger partial charge in [-0.05, 0) is 19.8 Å². The highest BCUT2D eigenvalue weighted by molar-refractivity contribution is 7.89. The molecule has 1 heterocycles. The first-order valence-corrected chi connectivity index (χ1v) is 8.62. The van der Waals surface area contributed by atoms with Crippen molar-refractivity contribution in [2.24, 2.45) is 0 Å². The molecule has 1 aromatic rings. The molecule has 0 fully saturated rings. The molecular weight excluding hydrogens is 292 g/mol. The van der Waals surface area contributed by atoms with Crippen LogP contribution in [0.5, 0.6) is 0 Å². The first kappa shape index (κ1) is 18.1. The van der Waals surface area contributed by atoms with E-state index in [1.165, 1.54) is 0 Å². The minimum atomic E-state index is -3.54. The Kier molecular flexibility index (Phi) is 7.30. The van der Waals surface area contributed by atoms with Crippen LogP contribution < -0.4 is 10.0 Å². The molecule has 0 spiro atoms. The number of sulfonamides is 1. The van der Waals surface area contributed by atoms with E-state index in [1.54, 1.807) is 14.0 Å². The average Bonchev–Trinajstić information content (AvgIpc) is 2.78. The first-order chi connectivity index (χ1) is 9.88. The van der Waals surface area contributed by atoms with Crippen LogP contribution >= 0.6 is 0 Å². The lowest BCUT2D eigenvalue weighted by molar-refractivity contribution is 0.193. The fraction of sp³-hybridized carbons (Fsp3) is 0.769. The summed E-state index contributed by atoms with van der Waals surface area (Å²) in [6, 6.07) is 0.263. The molecule has 1 aromatic heterocycles. The van der Waals surface area contributed by atoms with Gasteiger partial charge in [0.25, 0.3) is 0 Å². The monoisotopic (exact) mass is 318 g/mol. The van der Waals surface area contributed by atoms with E-state index >= 15 is 0 Å². The Morgan fingerprint density at radius 3 is 2.67 bits per heavy atom. The Labute approximate surface area is 126 Å². The van der Waals surface area contributed by atoms with E-state index in [4.69, 9.17) is 4.74 Å². The molecule has 3 N–H and O–H groups in total. The molecule has 1 rings (SSSR count). The third-order valence-electron chi connectivity index (χ3n) is 2.98. The van der Waals surface area contributed by atoms with Crippen molar-refractivity contribution in [2.75, 3.05) is 20.3 Å². The number of aryl methyl sites for hydroxylation is 1. The Morgan fingerprint density at radius 2 is 2.05 bits per heavy atom. The topological polar surface area (TPSA) is 96.1 Å². The predicted molar refractivity (Wildman–Crippen MR) is 81.6 cm³/mol. The third-order valence-corrected chi connectivity index (χ3v) is 4.64. The molecule has 0 aliphatic rings. The fourth-order valence-corrected chi connectivity index (χ4v) is 3.33. The molecule has 0 unspecified atom stereocenters. The lowest BCUT2D eigenvalue weighted by Crippen LogP contribution is -2.28. The number of methoxy groups -OCH3 is 1. The number of aromatic amines is 1. The Morgan fingerprint density at radius 1 is 1.33 bits per heavy atom. The number of rotatable bonds is 10. The van der Waals surface area contributed by atoms with E-state index in [1.807, 2.05) is 13.8 Å². The van der Waals surface area contributed by atoms with Gasteiger partial charge in [-0.1, -0.05) is 13.8 Å². The minimum absolute atomic E-state index is 0.252. The number of unbranched alkanes of at least 4 members (excludes halogenated alkanes) is 1. The van der Waals surface area contributed by atoms with Crippen LogP contribution in [0.1, 0.15) is 38.1 Å². The van der Waals surface area contributed by atoms with Crippen LogP contribution in [0.3, 0.4) is 0 Å². The second-order valence-corrected chi connectivity index (χ2v) is 6.96. The Hall–Kier alpha value is -0.960. The van der Waals surface area contributed by atoms with Gasteiger partial charge in [0, 0.05) is 32.8 Å². The Balaban J connectivity index is 2.71. The minimum Gasteiger partial charge on any atom is -0.385 e. The highest BCUT2D eigenvalue weighted by atomic mass is 32.2. The molecule has 0 saturated heterocycles. The molecule has 8 heteroatoms. The van der Waals surface area contributed by atoms with Crippen LogP contribution in [0.4, 0.5) is 0 Å². The molecule has 0 aliphatic heterocycles. The average molecular weight is 318 g/mol. The van der Waals surface area contributed by atoms with Crippen LogP contribution in [-0.2, 0) is 21.3 Å². The van der Waals surface area contributed by atoms with Crippen molar-refractivity contribution < 1.29 is 13.2 Å². The van der Waals surface area contributed by atoms with Crippen molar-refractivity contribution in [1.29, 1.82) is 0 Å². The molecule has 0 radical (unpaired) electrons. The molecule has 7 nitrogen and oxygen atoms in total. The molecule has 0 aliphatic carbocycles. The normalized spacial score (nSPS) is 12.2. The summed E-state index contributed by atoms with van der Waals surface area (Å²) in [5.41, 5.74) is 1.07. The smallest absolute Gasteiger partial charge is 0.244 e. The summed E-state index contributed by atoms with van der Waals surface area (Å²) in [6.07, 6.45) is 1.56. The van der Waals surface area contributed by atoms with Crippen molar-refractivity contribution >= 4 is 10.0 Å². The van der Waals surface area contributed by atoms with Crippen LogP contribution in [0, 0.1) is 6.92 Å². The lowest BCUT2D eigenvalue weighted by atomic mass is 10.3. The van der Waals surface area contributed by atoms with Crippen molar-refractivity contribution in [3.8, 4) is 0 Å². The van der Waals surface area contributed by atoms with Crippen LogP contribution in [0.15, 0.2) is 4.90 Å². The van der Waals surface area contributed by atoms with Gasteiger partial charge in [-0.15, -0.1) is 0 Å².